The Morgan fingerprint density at radius 2 is 1.82 bits per heavy atom. The first-order valence-electron chi connectivity index (χ1n) is 7.39. The first-order valence-corrected chi connectivity index (χ1v) is 7.39. The van der Waals surface area contributed by atoms with E-state index in [2.05, 4.69) is 31.0 Å². The summed E-state index contributed by atoms with van der Waals surface area (Å²) in [5.74, 6) is 0.415. The van der Waals surface area contributed by atoms with Crippen molar-refractivity contribution >= 4 is 23.0 Å². The average Bonchev–Trinajstić information content (AvgIpc) is 2.97. The maximum atomic E-state index is 12.3. The highest BCUT2D eigenvalue weighted by molar-refractivity contribution is 5.99. The van der Waals surface area contributed by atoms with Crippen LogP contribution in [0.4, 0.5) is 0 Å². The van der Waals surface area contributed by atoms with Gasteiger partial charge in [-0.05, 0) is 35.3 Å². The van der Waals surface area contributed by atoms with Gasteiger partial charge in [-0.3, -0.25) is 9.36 Å². The Bertz CT molecular complexity index is 826. The molecular weight excluding hydrogens is 272 g/mol. The van der Waals surface area contributed by atoms with Gasteiger partial charge < -0.3 is 0 Å². The molecule has 1 heterocycles. The second-order valence-electron chi connectivity index (χ2n) is 5.60. The number of carbonyl (C=O) groups is 1. The smallest absolute Gasteiger partial charge is 0.256 e. The van der Waals surface area contributed by atoms with Crippen molar-refractivity contribution in [1.29, 1.82) is 0 Å². The number of benzene rings is 2. The number of para-hydroxylation sites is 2. The summed E-state index contributed by atoms with van der Waals surface area (Å²) in [5, 5.41) is 0. The first kappa shape index (κ1) is 14.3. The standard InChI is InChI=1S/C19H18N2O/c1-14(2)16-10-7-15(8-11-16)9-12-19(22)21-13-20-17-5-3-4-6-18(17)21/h3-14H,1-2H3/b12-9+. The maximum absolute atomic E-state index is 12.3. The van der Waals surface area contributed by atoms with Crippen LogP contribution < -0.4 is 0 Å². The van der Waals surface area contributed by atoms with E-state index in [0.29, 0.717) is 5.92 Å². The fourth-order valence-corrected chi connectivity index (χ4v) is 2.37. The molecule has 3 nitrogen and oxygen atoms in total. The monoisotopic (exact) mass is 290 g/mol. The van der Waals surface area contributed by atoms with Crippen LogP contribution in [0, 0.1) is 0 Å². The third-order valence-electron chi connectivity index (χ3n) is 3.71. The minimum absolute atomic E-state index is 0.0957. The Labute approximate surface area is 129 Å². The molecule has 0 aliphatic carbocycles. The van der Waals surface area contributed by atoms with Crippen LogP contribution >= 0.6 is 0 Å². The summed E-state index contributed by atoms with van der Waals surface area (Å²) in [4.78, 5) is 16.5. The van der Waals surface area contributed by atoms with E-state index in [1.807, 2.05) is 42.5 Å². The van der Waals surface area contributed by atoms with Gasteiger partial charge in [0.15, 0.2) is 0 Å². The minimum Gasteiger partial charge on any atom is -0.269 e. The van der Waals surface area contributed by atoms with Crippen molar-refractivity contribution in [2.24, 2.45) is 0 Å². The van der Waals surface area contributed by atoms with Crippen LogP contribution in [-0.4, -0.2) is 15.5 Å². The highest BCUT2D eigenvalue weighted by Crippen LogP contribution is 2.16. The molecule has 3 rings (SSSR count). The Morgan fingerprint density at radius 1 is 1.09 bits per heavy atom. The molecule has 0 spiro atoms. The summed E-state index contributed by atoms with van der Waals surface area (Å²) in [6.07, 6.45) is 4.99. The number of carbonyl (C=O) groups excluding carboxylic acids is 1. The predicted octanol–water partition coefficient (Wildman–Crippen LogP) is 4.51. The second kappa shape index (κ2) is 5.98. The van der Waals surface area contributed by atoms with Gasteiger partial charge in [0.1, 0.15) is 6.33 Å². The minimum atomic E-state index is -0.0957. The summed E-state index contributed by atoms with van der Waals surface area (Å²) >= 11 is 0. The molecule has 0 amide bonds. The van der Waals surface area contributed by atoms with Crippen LogP contribution in [-0.2, 0) is 0 Å². The van der Waals surface area contributed by atoms with Crippen LogP contribution in [0.25, 0.3) is 17.1 Å². The molecule has 0 fully saturated rings. The van der Waals surface area contributed by atoms with Crippen LogP contribution in [0.5, 0.6) is 0 Å². The van der Waals surface area contributed by atoms with Gasteiger partial charge in [0.05, 0.1) is 11.0 Å². The highest BCUT2D eigenvalue weighted by Gasteiger charge is 2.06. The Morgan fingerprint density at radius 3 is 2.55 bits per heavy atom. The van der Waals surface area contributed by atoms with Gasteiger partial charge in [0.2, 0.25) is 0 Å². The van der Waals surface area contributed by atoms with Crippen molar-refractivity contribution < 1.29 is 4.79 Å². The van der Waals surface area contributed by atoms with Crippen LogP contribution in [0.3, 0.4) is 0 Å². The molecule has 0 N–H and O–H groups in total. The van der Waals surface area contributed by atoms with E-state index < -0.39 is 0 Å². The van der Waals surface area contributed by atoms with E-state index in [4.69, 9.17) is 0 Å². The summed E-state index contributed by atoms with van der Waals surface area (Å²) in [7, 11) is 0. The molecule has 22 heavy (non-hydrogen) atoms. The van der Waals surface area contributed by atoms with Gasteiger partial charge in [-0.25, -0.2) is 4.98 Å². The first-order chi connectivity index (χ1) is 10.6. The molecule has 0 saturated carbocycles. The zero-order valence-corrected chi connectivity index (χ0v) is 12.7. The van der Waals surface area contributed by atoms with Gasteiger partial charge in [-0.15, -0.1) is 0 Å². The van der Waals surface area contributed by atoms with Crippen molar-refractivity contribution in [1.82, 2.24) is 9.55 Å². The zero-order valence-electron chi connectivity index (χ0n) is 12.7. The van der Waals surface area contributed by atoms with Crippen molar-refractivity contribution in [3.8, 4) is 0 Å². The Kier molecular flexibility index (Phi) is 3.88. The lowest BCUT2D eigenvalue weighted by Gasteiger charge is -2.04. The molecule has 3 heteroatoms. The van der Waals surface area contributed by atoms with E-state index in [1.54, 1.807) is 17.0 Å². The lowest BCUT2D eigenvalue weighted by Crippen LogP contribution is -2.05. The summed E-state index contributed by atoms with van der Waals surface area (Å²) < 4.78 is 1.56. The van der Waals surface area contributed by atoms with Crippen molar-refractivity contribution in [2.75, 3.05) is 0 Å². The third kappa shape index (κ3) is 2.84. The molecule has 0 radical (unpaired) electrons. The van der Waals surface area contributed by atoms with Crippen LogP contribution in [0.15, 0.2) is 60.9 Å². The van der Waals surface area contributed by atoms with Crippen LogP contribution in [0.1, 0.15) is 35.7 Å². The van der Waals surface area contributed by atoms with E-state index >= 15 is 0 Å². The van der Waals surface area contributed by atoms with Crippen molar-refractivity contribution in [3.63, 3.8) is 0 Å². The van der Waals surface area contributed by atoms with E-state index in [1.165, 1.54) is 5.56 Å². The molecule has 0 unspecified atom stereocenters. The number of aromatic nitrogens is 2. The summed E-state index contributed by atoms with van der Waals surface area (Å²) in [6, 6.07) is 15.9. The zero-order chi connectivity index (χ0) is 15.5. The largest absolute Gasteiger partial charge is 0.269 e. The number of imidazole rings is 1. The topological polar surface area (TPSA) is 34.9 Å². The van der Waals surface area contributed by atoms with E-state index in [-0.39, 0.29) is 5.91 Å². The third-order valence-corrected chi connectivity index (χ3v) is 3.71. The quantitative estimate of drug-likeness (QED) is 0.665. The molecule has 0 saturated heterocycles. The van der Waals surface area contributed by atoms with Gasteiger partial charge in [0, 0.05) is 6.08 Å². The Hall–Kier alpha value is -2.68. The molecule has 3 aromatic rings. The number of allylic oxidation sites excluding steroid dienone is 1. The molecule has 0 atom stereocenters. The Balaban J connectivity index is 1.81. The summed E-state index contributed by atoms with van der Waals surface area (Å²) in [6.45, 7) is 4.33. The molecular formula is C19H18N2O. The van der Waals surface area contributed by atoms with Gasteiger partial charge >= 0.3 is 0 Å². The maximum Gasteiger partial charge on any atom is 0.256 e. The SMILES string of the molecule is CC(C)c1ccc(/C=C/C(=O)n2cnc3ccccc32)cc1. The second-order valence-corrected chi connectivity index (χ2v) is 5.60. The van der Waals surface area contributed by atoms with Gasteiger partial charge in [-0.2, -0.15) is 0 Å². The number of hydrogen-bond acceptors (Lipinski definition) is 2. The van der Waals surface area contributed by atoms with E-state index in [9.17, 15) is 4.79 Å². The molecule has 110 valence electrons. The lowest BCUT2D eigenvalue weighted by molar-refractivity contribution is 0.0974. The van der Waals surface area contributed by atoms with Gasteiger partial charge in [-0.1, -0.05) is 50.2 Å². The highest BCUT2D eigenvalue weighted by atomic mass is 16.1. The molecule has 0 aliphatic rings. The number of rotatable bonds is 3. The molecule has 0 bridgehead atoms. The molecule has 1 aromatic heterocycles. The average molecular weight is 290 g/mol. The number of hydrogen-bond donors (Lipinski definition) is 0. The predicted molar refractivity (Wildman–Crippen MR) is 89.9 cm³/mol. The number of nitrogens with zero attached hydrogens (tertiary/aromatic N) is 2. The van der Waals surface area contributed by atoms with Crippen molar-refractivity contribution in [2.45, 2.75) is 19.8 Å². The number of fused-ring (bicyclic) bond motifs is 1. The summed E-state index contributed by atoms with van der Waals surface area (Å²) in [5.41, 5.74) is 3.96. The fourth-order valence-electron chi connectivity index (χ4n) is 2.37. The normalized spacial score (nSPS) is 11.6. The van der Waals surface area contributed by atoms with Crippen LogP contribution in [0.2, 0.25) is 0 Å². The molecule has 2 aromatic carbocycles. The van der Waals surface area contributed by atoms with Gasteiger partial charge in [0.25, 0.3) is 5.91 Å². The molecule has 0 aliphatic heterocycles. The van der Waals surface area contributed by atoms with E-state index in [0.717, 1.165) is 16.6 Å². The lowest BCUT2D eigenvalue weighted by atomic mass is 10.0. The fraction of sp³-hybridized carbons (Fsp3) is 0.158. The van der Waals surface area contributed by atoms with Crippen molar-refractivity contribution in [3.05, 3.63) is 72.1 Å².